The molecule has 2 aromatic carbocycles. The SMILES string of the molecule is COc1cc(Br)c(C=O)cc1O[C@@H](C)C(=O)Nc1c(C)cccc1C. The van der Waals surface area contributed by atoms with Crippen LogP contribution in [0.3, 0.4) is 0 Å². The Morgan fingerprint density at radius 2 is 1.84 bits per heavy atom. The lowest BCUT2D eigenvalue weighted by molar-refractivity contribution is -0.122. The zero-order valence-electron chi connectivity index (χ0n) is 14.6. The normalized spacial score (nSPS) is 11.6. The minimum atomic E-state index is -0.770. The Balaban J connectivity index is 2.20. The molecule has 0 saturated heterocycles. The van der Waals surface area contributed by atoms with Crippen molar-refractivity contribution in [2.75, 3.05) is 12.4 Å². The monoisotopic (exact) mass is 405 g/mol. The maximum Gasteiger partial charge on any atom is 0.265 e. The summed E-state index contributed by atoms with van der Waals surface area (Å²) in [6.07, 6.45) is -0.0637. The van der Waals surface area contributed by atoms with Crippen LogP contribution in [0.4, 0.5) is 5.69 Å². The number of hydrogen-bond donors (Lipinski definition) is 1. The molecule has 132 valence electrons. The van der Waals surface area contributed by atoms with E-state index in [4.69, 9.17) is 9.47 Å². The van der Waals surface area contributed by atoms with Gasteiger partial charge in [0.1, 0.15) is 0 Å². The van der Waals surface area contributed by atoms with Gasteiger partial charge < -0.3 is 14.8 Å². The van der Waals surface area contributed by atoms with E-state index < -0.39 is 6.10 Å². The molecule has 0 unspecified atom stereocenters. The van der Waals surface area contributed by atoms with Crippen LogP contribution in [0.1, 0.15) is 28.4 Å². The highest BCUT2D eigenvalue weighted by atomic mass is 79.9. The third-order valence-electron chi connectivity index (χ3n) is 3.81. The van der Waals surface area contributed by atoms with E-state index in [1.807, 2.05) is 32.0 Å². The molecule has 2 aromatic rings. The molecule has 1 N–H and O–H groups in total. The lowest BCUT2D eigenvalue weighted by atomic mass is 10.1. The topological polar surface area (TPSA) is 64.6 Å². The largest absolute Gasteiger partial charge is 0.493 e. The molecule has 0 aromatic heterocycles. The van der Waals surface area contributed by atoms with Crippen LogP contribution in [0.15, 0.2) is 34.8 Å². The van der Waals surface area contributed by atoms with Gasteiger partial charge in [-0.1, -0.05) is 18.2 Å². The van der Waals surface area contributed by atoms with Crippen molar-refractivity contribution >= 4 is 33.8 Å². The summed E-state index contributed by atoms with van der Waals surface area (Å²) in [7, 11) is 1.50. The number of halogens is 1. The first kappa shape index (κ1) is 19.0. The van der Waals surface area contributed by atoms with E-state index in [2.05, 4.69) is 21.2 Å². The van der Waals surface area contributed by atoms with Crippen molar-refractivity contribution in [2.45, 2.75) is 26.9 Å². The van der Waals surface area contributed by atoms with Gasteiger partial charge in [0.25, 0.3) is 5.91 Å². The molecule has 0 aliphatic rings. The molecule has 1 atom stereocenters. The van der Waals surface area contributed by atoms with Crippen LogP contribution < -0.4 is 14.8 Å². The Morgan fingerprint density at radius 3 is 2.40 bits per heavy atom. The summed E-state index contributed by atoms with van der Waals surface area (Å²) in [4.78, 5) is 23.6. The number of ether oxygens (including phenoxy) is 2. The van der Waals surface area contributed by atoms with Gasteiger partial charge in [-0.15, -0.1) is 0 Å². The van der Waals surface area contributed by atoms with E-state index in [0.29, 0.717) is 27.8 Å². The molecular formula is C19H20BrNO4. The molecule has 0 heterocycles. The average molecular weight is 406 g/mol. The highest BCUT2D eigenvalue weighted by molar-refractivity contribution is 9.10. The molecule has 0 spiro atoms. The fraction of sp³-hybridized carbons (Fsp3) is 0.263. The van der Waals surface area contributed by atoms with Gasteiger partial charge in [0.15, 0.2) is 23.9 Å². The predicted molar refractivity (Wildman–Crippen MR) is 101 cm³/mol. The zero-order valence-corrected chi connectivity index (χ0v) is 16.1. The minimum Gasteiger partial charge on any atom is -0.493 e. The number of aldehydes is 1. The molecule has 25 heavy (non-hydrogen) atoms. The number of amides is 1. The lowest BCUT2D eigenvalue weighted by Gasteiger charge is -2.19. The van der Waals surface area contributed by atoms with Crippen molar-refractivity contribution < 1.29 is 19.1 Å². The Kier molecular flexibility index (Phi) is 6.20. The Morgan fingerprint density at radius 1 is 1.20 bits per heavy atom. The molecule has 0 aliphatic heterocycles. The summed E-state index contributed by atoms with van der Waals surface area (Å²) in [5.74, 6) is 0.483. The molecule has 2 rings (SSSR count). The lowest BCUT2D eigenvalue weighted by Crippen LogP contribution is -2.30. The standard InChI is InChI=1S/C19H20BrNO4/c1-11-6-5-7-12(2)18(11)21-19(23)13(3)25-17-8-14(10-22)15(20)9-16(17)24-4/h5-10,13H,1-4H3,(H,21,23)/t13-/m0/s1. The van der Waals surface area contributed by atoms with E-state index in [9.17, 15) is 9.59 Å². The average Bonchev–Trinajstić information content (AvgIpc) is 2.59. The van der Waals surface area contributed by atoms with Crippen LogP contribution in [0.25, 0.3) is 0 Å². The summed E-state index contributed by atoms with van der Waals surface area (Å²) >= 11 is 3.29. The summed E-state index contributed by atoms with van der Waals surface area (Å²) in [5, 5.41) is 2.89. The first-order valence-corrected chi connectivity index (χ1v) is 8.53. The highest BCUT2D eigenvalue weighted by Gasteiger charge is 2.19. The fourth-order valence-corrected chi connectivity index (χ4v) is 2.79. The predicted octanol–water partition coefficient (Wildman–Crippen LogP) is 4.29. The molecule has 5 nitrogen and oxygen atoms in total. The van der Waals surface area contributed by atoms with E-state index in [-0.39, 0.29) is 5.91 Å². The second kappa shape index (κ2) is 8.16. The van der Waals surface area contributed by atoms with Crippen molar-refractivity contribution in [1.29, 1.82) is 0 Å². The van der Waals surface area contributed by atoms with Gasteiger partial charge in [0, 0.05) is 15.7 Å². The van der Waals surface area contributed by atoms with Crippen molar-refractivity contribution in [3.8, 4) is 11.5 Å². The van der Waals surface area contributed by atoms with E-state index in [1.54, 1.807) is 19.1 Å². The highest BCUT2D eigenvalue weighted by Crippen LogP contribution is 2.33. The Hall–Kier alpha value is -2.34. The number of nitrogens with one attached hydrogen (secondary N) is 1. The van der Waals surface area contributed by atoms with Gasteiger partial charge in [-0.05, 0) is 60.0 Å². The summed E-state index contributed by atoms with van der Waals surface area (Å²) in [6.45, 7) is 5.51. The van der Waals surface area contributed by atoms with Crippen LogP contribution >= 0.6 is 15.9 Å². The summed E-state index contributed by atoms with van der Waals surface area (Å²) in [6, 6.07) is 8.98. The first-order valence-electron chi connectivity index (χ1n) is 7.73. The van der Waals surface area contributed by atoms with Crippen LogP contribution in [-0.4, -0.2) is 25.4 Å². The fourth-order valence-electron chi connectivity index (χ4n) is 2.37. The Bertz CT molecular complexity index is 784. The number of carbonyl (C=O) groups is 2. The molecule has 6 heteroatoms. The number of methoxy groups -OCH3 is 1. The maximum atomic E-state index is 12.5. The third kappa shape index (κ3) is 4.39. The zero-order chi connectivity index (χ0) is 18.6. The molecule has 0 aliphatic carbocycles. The summed E-state index contributed by atoms with van der Waals surface area (Å²) in [5.41, 5.74) is 3.15. The van der Waals surface area contributed by atoms with E-state index in [0.717, 1.165) is 16.8 Å². The molecule has 0 saturated carbocycles. The van der Waals surface area contributed by atoms with Gasteiger partial charge >= 0.3 is 0 Å². The van der Waals surface area contributed by atoms with Crippen LogP contribution in [-0.2, 0) is 4.79 Å². The quantitative estimate of drug-likeness (QED) is 0.727. The number of para-hydroxylation sites is 1. The smallest absolute Gasteiger partial charge is 0.265 e. The van der Waals surface area contributed by atoms with Gasteiger partial charge in [0.2, 0.25) is 0 Å². The third-order valence-corrected chi connectivity index (χ3v) is 4.50. The number of aryl methyl sites for hydroxylation is 2. The minimum absolute atomic E-state index is 0.282. The number of carbonyl (C=O) groups excluding carboxylic acids is 2. The second-order valence-corrected chi connectivity index (χ2v) is 6.51. The van der Waals surface area contributed by atoms with Crippen LogP contribution in [0.5, 0.6) is 11.5 Å². The number of hydrogen-bond acceptors (Lipinski definition) is 4. The van der Waals surface area contributed by atoms with Gasteiger partial charge in [0.05, 0.1) is 7.11 Å². The number of benzene rings is 2. The first-order chi connectivity index (χ1) is 11.9. The number of anilines is 1. The molecule has 0 fully saturated rings. The second-order valence-electron chi connectivity index (χ2n) is 5.66. The van der Waals surface area contributed by atoms with Crippen molar-refractivity contribution in [3.63, 3.8) is 0 Å². The van der Waals surface area contributed by atoms with E-state index in [1.165, 1.54) is 7.11 Å². The van der Waals surface area contributed by atoms with Crippen LogP contribution in [0, 0.1) is 13.8 Å². The molecule has 0 bridgehead atoms. The molecular weight excluding hydrogens is 386 g/mol. The summed E-state index contributed by atoms with van der Waals surface area (Å²) < 4.78 is 11.6. The molecule has 0 radical (unpaired) electrons. The number of rotatable bonds is 6. The van der Waals surface area contributed by atoms with Crippen molar-refractivity contribution in [3.05, 3.63) is 51.5 Å². The van der Waals surface area contributed by atoms with Gasteiger partial charge in [-0.3, -0.25) is 9.59 Å². The van der Waals surface area contributed by atoms with Crippen molar-refractivity contribution in [1.82, 2.24) is 0 Å². The molecule has 1 amide bonds. The van der Waals surface area contributed by atoms with E-state index >= 15 is 0 Å². The van der Waals surface area contributed by atoms with Gasteiger partial charge in [-0.2, -0.15) is 0 Å². The maximum absolute atomic E-state index is 12.5. The van der Waals surface area contributed by atoms with Gasteiger partial charge in [-0.25, -0.2) is 0 Å². The van der Waals surface area contributed by atoms with Crippen LogP contribution in [0.2, 0.25) is 0 Å². The van der Waals surface area contributed by atoms with Crippen molar-refractivity contribution in [2.24, 2.45) is 0 Å². The Labute approximate surface area is 155 Å².